The van der Waals surface area contributed by atoms with Crippen LogP contribution in [0.4, 0.5) is 0 Å². The van der Waals surface area contributed by atoms with Crippen molar-refractivity contribution in [3.63, 3.8) is 0 Å². The molecule has 0 bridgehead atoms. The van der Waals surface area contributed by atoms with Crippen molar-refractivity contribution in [2.45, 2.75) is 129 Å². The van der Waals surface area contributed by atoms with Crippen molar-refractivity contribution in [3.05, 3.63) is 0 Å². The minimum Gasteiger partial charge on any atom is -0.236 e. The Hall–Kier alpha value is -0.0400. The third-order valence-corrected chi connectivity index (χ3v) is 5.28. The van der Waals surface area contributed by atoms with Crippen LogP contribution < -0.4 is 0 Å². The van der Waals surface area contributed by atoms with Gasteiger partial charge >= 0.3 is 0 Å². The smallest absolute Gasteiger partial charge is 0.0850 e. The van der Waals surface area contributed by atoms with Gasteiger partial charge < -0.3 is 0 Å². The Labute approximate surface area is 147 Å². The molecule has 0 rings (SSSR count). The van der Waals surface area contributed by atoms with Crippen LogP contribution >= 0.6 is 0 Å². The van der Waals surface area contributed by atoms with E-state index in [4.69, 9.17) is 0 Å². The molecule has 1 unspecified atom stereocenters. The standard InChI is InChI=1S/C22H45O/c1-3-5-6-7-8-9-10-11-12-13-14-15-16-17-18-19-20-22(4-2)21-23/h22H,3-21H2,1-2H3. The van der Waals surface area contributed by atoms with Crippen molar-refractivity contribution < 1.29 is 5.11 Å². The van der Waals surface area contributed by atoms with Gasteiger partial charge in [0.2, 0.25) is 0 Å². The summed E-state index contributed by atoms with van der Waals surface area (Å²) in [5.74, 6) is 0.446. The highest BCUT2D eigenvalue weighted by atomic mass is 16.3. The Bertz CT molecular complexity index is 198. The fraction of sp³-hybridized carbons (Fsp3) is 1.00. The molecule has 0 aromatic heterocycles. The maximum Gasteiger partial charge on any atom is 0.0850 e. The van der Waals surface area contributed by atoms with E-state index in [0.717, 1.165) is 6.42 Å². The average Bonchev–Trinajstić information content (AvgIpc) is 2.58. The maximum absolute atomic E-state index is 10.9. The van der Waals surface area contributed by atoms with Crippen LogP contribution in [-0.2, 0) is 5.11 Å². The minimum absolute atomic E-state index is 0.134. The fourth-order valence-corrected chi connectivity index (χ4v) is 3.39. The molecule has 1 nitrogen and oxygen atoms in total. The second-order valence-electron chi connectivity index (χ2n) is 7.53. The molecule has 1 radical (unpaired) electrons. The molecule has 0 amide bonds. The zero-order chi connectivity index (χ0) is 17.0. The molecule has 0 fully saturated rings. The Balaban J connectivity index is 3.02. The molecular weight excluding hydrogens is 280 g/mol. The quantitative estimate of drug-likeness (QED) is 0.214. The lowest BCUT2D eigenvalue weighted by molar-refractivity contribution is 0.134. The summed E-state index contributed by atoms with van der Waals surface area (Å²) in [5.41, 5.74) is 0. The van der Waals surface area contributed by atoms with E-state index in [9.17, 15) is 5.11 Å². The van der Waals surface area contributed by atoms with Gasteiger partial charge in [-0.1, -0.05) is 123 Å². The molecule has 139 valence electrons. The molecule has 0 aromatic carbocycles. The zero-order valence-corrected chi connectivity index (χ0v) is 16.4. The summed E-state index contributed by atoms with van der Waals surface area (Å²) in [6.07, 6.45) is 25.0. The molecule has 0 aliphatic carbocycles. The summed E-state index contributed by atoms with van der Waals surface area (Å²) in [6.45, 7) is 4.57. The Morgan fingerprint density at radius 3 is 1.17 bits per heavy atom. The molecule has 0 aliphatic rings. The average molecular weight is 326 g/mol. The van der Waals surface area contributed by atoms with Gasteiger partial charge in [-0.05, 0) is 12.3 Å². The van der Waals surface area contributed by atoms with Gasteiger partial charge in [-0.25, -0.2) is 5.11 Å². The summed E-state index contributed by atoms with van der Waals surface area (Å²) in [6, 6.07) is 0. The van der Waals surface area contributed by atoms with Crippen LogP contribution in [0.2, 0.25) is 0 Å². The van der Waals surface area contributed by atoms with E-state index in [1.807, 2.05) is 0 Å². The van der Waals surface area contributed by atoms with E-state index in [1.54, 1.807) is 0 Å². The van der Waals surface area contributed by atoms with Gasteiger partial charge in [-0.2, -0.15) is 0 Å². The molecule has 0 aliphatic heterocycles. The first-order valence-electron chi connectivity index (χ1n) is 10.9. The van der Waals surface area contributed by atoms with Gasteiger partial charge in [0.15, 0.2) is 0 Å². The van der Waals surface area contributed by atoms with Crippen LogP contribution in [0.1, 0.15) is 129 Å². The molecule has 1 atom stereocenters. The number of hydrogen-bond acceptors (Lipinski definition) is 0. The van der Waals surface area contributed by atoms with Gasteiger partial charge in [-0.15, -0.1) is 0 Å². The Morgan fingerprint density at radius 2 is 0.870 bits per heavy atom. The topological polar surface area (TPSA) is 19.9 Å². The van der Waals surface area contributed by atoms with Crippen molar-refractivity contribution in [2.24, 2.45) is 5.92 Å². The van der Waals surface area contributed by atoms with E-state index in [-0.39, 0.29) is 6.61 Å². The van der Waals surface area contributed by atoms with Crippen LogP contribution in [0.25, 0.3) is 0 Å². The third kappa shape index (κ3) is 18.1. The first-order valence-corrected chi connectivity index (χ1v) is 10.9. The first-order chi connectivity index (χ1) is 11.3. The summed E-state index contributed by atoms with van der Waals surface area (Å²) in [7, 11) is 0. The molecule has 0 saturated heterocycles. The Morgan fingerprint density at radius 1 is 0.522 bits per heavy atom. The number of hydrogen-bond donors (Lipinski definition) is 0. The second kappa shape index (κ2) is 20.0. The number of rotatable bonds is 19. The normalized spacial score (nSPS) is 12.7. The third-order valence-electron chi connectivity index (χ3n) is 5.28. The first kappa shape index (κ1) is 23.0. The van der Waals surface area contributed by atoms with Crippen molar-refractivity contribution in [2.75, 3.05) is 6.61 Å². The molecule has 0 spiro atoms. The largest absolute Gasteiger partial charge is 0.236 e. The highest BCUT2D eigenvalue weighted by Gasteiger charge is 2.04. The summed E-state index contributed by atoms with van der Waals surface area (Å²) < 4.78 is 0. The molecule has 0 heterocycles. The molecular formula is C22H45O. The number of unbranched alkanes of at least 4 members (excludes halogenated alkanes) is 15. The van der Waals surface area contributed by atoms with E-state index in [1.165, 1.54) is 109 Å². The van der Waals surface area contributed by atoms with Gasteiger partial charge in [0.1, 0.15) is 0 Å². The SMILES string of the molecule is CCCCCCCCCCCCCCCCCCC(CC)C[O]. The van der Waals surface area contributed by atoms with Gasteiger partial charge in [-0.3, -0.25) is 0 Å². The molecule has 1 heteroatoms. The van der Waals surface area contributed by atoms with E-state index < -0.39 is 0 Å². The Kier molecular flexibility index (Phi) is 20.0. The summed E-state index contributed by atoms with van der Waals surface area (Å²) in [5, 5.41) is 10.9. The fourth-order valence-electron chi connectivity index (χ4n) is 3.39. The minimum atomic E-state index is 0.134. The predicted molar refractivity (Wildman–Crippen MR) is 103 cm³/mol. The highest BCUT2D eigenvalue weighted by molar-refractivity contribution is 4.56. The van der Waals surface area contributed by atoms with Crippen molar-refractivity contribution in [1.82, 2.24) is 0 Å². The maximum atomic E-state index is 10.9. The molecule has 0 saturated carbocycles. The molecule has 23 heavy (non-hydrogen) atoms. The van der Waals surface area contributed by atoms with Crippen LogP contribution in [0.5, 0.6) is 0 Å². The highest BCUT2D eigenvalue weighted by Crippen LogP contribution is 2.16. The molecule has 0 N–H and O–H groups in total. The van der Waals surface area contributed by atoms with Gasteiger partial charge in [0.25, 0.3) is 0 Å². The van der Waals surface area contributed by atoms with E-state index in [0.29, 0.717) is 5.92 Å². The summed E-state index contributed by atoms with van der Waals surface area (Å²) >= 11 is 0. The summed E-state index contributed by atoms with van der Waals surface area (Å²) in [4.78, 5) is 0. The van der Waals surface area contributed by atoms with Crippen LogP contribution in [0.15, 0.2) is 0 Å². The van der Waals surface area contributed by atoms with Crippen molar-refractivity contribution in [1.29, 1.82) is 0 Å². The predicted octanol–water partition coefficient (Wildman–Crippen LogP) is 8.09. The monoisotopic (exact) mass is 325 g/mol. The van der Waals surface area contributed by atoms with Crippen LogP contribution in [0, 0.1) is 5.92 Å². The zero-order valence-electron chi connectivity index (χ0n) is 16.4. The van der Waals surface area contributed by atoms with Gasteiger partial charge in [0.05, 0.1) is 6.61 Å². The van der Waals surface area contributed by atoms with Crippen LogP contribution in [0.3, 0.4) is 0 Å². The van der Waals surface area contributed by atoms with Crippen LogP contribution in [-0.4, -0.2) is 6.61 Å². The van der Waals surface area contributed by atoms with Crippen molar-refractivity contribution >= 4 is 0 Å². The second-order valence-corrected chi connectivity index (χ2v) is 7.53. The lowest BCUT2D eigenvalue weighted by Crippen LogP contribution is -2.02. The van der Waals surface area contributed by atoms with Crippen molar-refractivity contribution in [3.8, 4) is 0 Å². The molecule has 0 aromatic rings. The lowest BCUT2D eigenvalue weighted by Gasteiger charge is -2.09. The van der Waals surface area contributed by atoms with E-state index >= 15 is 0 Å². The van der Waals surface area contributed by atoms with Gasteiger partial charge in [0, 0.05) is 0 Å². The lowest BCUT2D eigenvalue weighted by atomic mass is 9.98. The van der Waals surface area contributed by atoms with E-state index in [2.05, 4.69) is 13.8 Å².